The van der Waals surface area contributed by atoms with Gasteiger partial charge in [0.25, 0.3) is 0 Å². The van der Waals surface area contributed by atoms with Crippen molar-refractivity contribution in [1.29, 1.82) is 0 Å². The molecule has 11 heavy (non-hydrogen) atoms. The second kappa shape index (κ2) is 5.70. The summed E-state index contributed by atoms with van der Waals surface area (Å²) in [7, 11) is -0.737. The molecule has 0 rings (SSSR count). The number of rotatable bonds is 3. The highest BCUT2D eigenvalue weighted by Gasteiger charge is 2.10. The van der Waals surface area contributed by atoms with Crippen LogP contribution in [0.25, 0.3) is 0 Å². The van der Waals surface area contributed by atoms with Gasteiger partial charge in [0.05, 0.1) is 0 Å². The summed E-state index contributed by atoms with van der Waals surface area (Å²) in [6, 6.07) is 0. The zero-order chi connectivity index (χ0) is 8.69. The average molecular weight is 174 g/mol. The van der Waals surface area contributed by atoms with E-state index in [0.717, 1.165) is 0 Å². The summed E-state index contributed by atoms with van der Waals surface area (Å²) in [5.41, 5.74) is 0. The van der Waals surface area contributed by atoms with E-state index in [1.807, 2.05) is 0 Å². The zero-order valence-electron chi connectivity index (χ0n) is 5.94. The van der Waals surface area contributed by atoms with Gasteiger partial charge in [0.1, 0.15) is 0 Å². The lowest BCUT2D eigenvalue weighted by Gasteiger charge is -2.05. The van der Waals surface area contributed by atoms with Crippen LogP contribution in [0, 0.1) is 12.3 Å². The van der Waals surface area contributed by atoms with Gasteiger partial charge in [-0.25, -0.2) is 9.36 Å². The standard InChI is InChI=1S/C6H7O4P/c1-3-5(4-2)9-6(7)10-11-8/h1,5H,4H2,2H3. The smallest absolute Gasteiger partial charge is 0.417 e. The first-order valence-corrected chi connectivity index (χ1v) is 3.64. The summed E-state index contributed by atoms with van der Waals surface area (Å²) in [6.45, 7) is 1.76. The maximum absolute atomic E-state index is 10.4. The summed E-state index contributed by atoms with van der Waals surface area (Å²) < 4.78 is 18.1. The van der Waals surface area contributed by atoms with Crippen LogP contribution in [0.15, 0.2) is 0 Å². The van der Waals surface area contributed by atoms with Crippen molar-refractivity contribution >= 4 is 14.8 Å². The second-order valence-electron chi connectivity index (χ2n) is 1.60. The van der Waals surface area contributed by atoms with E-state index in [2.05, 4.69) is 15.2 Å². The van der Waals surface area contributed by atoms with E-state index in [9.17, 15) is 9.36 Å². The van der Waals surface area contributed by atoms with Crippen molar-refractivity contribution in [3.05, 3.63) is 0 Å². The van der Waals surface area contributed by atoms with Crippen molar-refractivity contribution in [3.63, 3.8) is 0 Å². The SMILES string of the molecule is C#CC(CC)OC(=O)OP=O. The van der Waals surface area contributed by atoms with Gasteiger partial charge in [-0.3, -0.25) is 0 Å². The van der Waals surface area contributed by atoms with E-state index in [1.54, 1.807) is 6.92 Å². The molecule has 0 fully saturated rings. The molecule has 0 aromatic heterocycles. The molecule has 0 bridgehead atoms. The Morgan fingerprint density at radius 2 is 2.45 bits per heavy atom. The molecule has 0 saturated heterocycles. The molecule has 0 aromatic carbocycles. The van der Waals surface area contributed by atoms with Gasteiger partial charge in [0.2, 0.25) is 0 Å². The normalized spacial score (nSPS) is 11.6. The summed E-state index contributed by atoms with van der Waals surface area (Å²) in [5, 5.41) is 0. The molecule has 60 valence electrons. The first kappa shape index (κ1) is 9.93. The van der Waals surface area contributed by atoms with Crippen molar-refractivity contribution in [3.8, 4) is 12.3 Å². The van der Waals surface area contributed by atoms with Gasteiger partial charge in [-0.15, -0.1) is 6.42 Å². The summed E-state index contributed by atoms with van der Waals surface area (Å²) in [6.07, 6.45) is 3.84. The average Bonchev–Trinajstić information content (AvgIpc) is 2.01. The van der Waals surface area contributed by atoms with Crippen molar-refractivity contribution in [2.75, 3.05) is 0 Å². The Kier molecular flexibility index (Phi) is 5.14. The van der Waals surface area contributed by atoms with Crippen molar-refractivity contribution < 1.29 is 18.6 Å². The van der Waals surface area contributed by atoms with Gasteiger partial charge in [0, 0.05) is 0 Å². The molecule has 1 unspecified atom stereocenters. The fourth-order valence-electron chi connectivity index (χ4n) is 0.403. The van der Waals surface area contributed by atoms with Crippen LogP contribution in [0.1, 0.15) is 13.3 Å². The predicted octanol–water partition coefficient (Wildman–Crippen LogP) is 1.76. The van der Waals surface area contributed by atoms with Crippen molar-refractivity contribution in [2.45, 2.75) is 19.4 Å². The van der Waals surface area contributed by atoms with E-state index in [1.165, 1.54) is 0 Å². The van der Waals surface area contributed by atoms with Crippen LogP contribution in [0.4, 0.5) is 4.79 Å². The van der Waals surface area contributed by atoms with Crippen LogP contribution in [-0.4, -0.2) is 12.3 Å². The number of ether oxygens (including phenoxy) is 1. The van der Waals surface area contributed by atoms with Gasteiger partial charge in [-0.1, -0.05) is 12.8 Å². The number of hydrogen-bond donors (Lipinski definition) is 0. The molecule has 0 aliphatic rings. The highest BCUT2D eigenvalue weighted by molar-refractivity contribution is 7.18. The largest absolute Gasteiger partial charge is 0.520 e. The van der Waals surface area contributed by atoms with Crippen LogP contribution in [0.3, 0.4) is 0 Å². The highest BCUT2D eigenvalue weighted by atomic mass is 31.1. The lowest BCUT2D eigenvalue weighted by molar-refractivity contribution is 0.0822. The molecule has 1 atom stereocenters. The summed E-state index contributed by atoms with van der Waals surface area (Å²) >= 11 is 0. The minimum Gasteiger partial charge on any atom is -0.417 e. The molecule has 4 nitrogen and oxygen atoms in total. The fourth-order valence-corrected chi connectivity index (χ4v) is 0.507. The molecule has 0 heterocycles. The van der Waals surface area contributed by atoms with Gasteiger partial charge in [-0.2, -0.15) is 0 Å². The third-order valence-corrected chi connectivity index (χ3v) is 1.13. The first-order chi connectivity index (χ1) is 5.24. The van der Waals surface area contributed by atoms with E-state index >= 15 is 0 Å². The monoisotopic (exact) mass is 174 g/mol. The lowest BCUT2D eigenvalue weighted by atomic mass is 10.3. The van der Waals surface area contributed by atoms with Crippen molar-refractivity contribution in [1.82, 2.24) is 0 Å². The molecule has 5 heteroatoms. The molecule has 0 aromatic rings. The Balaban J connectivity index is 3.73. The molecule has 0 spiro atoms. The second-order valence-corrected chi connectivity index (χ2v) is 1.93. The minimum atomic E-state index is -1.02. The number of carbonyl (C=O) groups excluding carboxylic acids is 1. The van der Waals surface area contributed by atoms with Crippen LogP contribution in [0.2, 0.25) is 0 Å². The third kappa shape index (κ3) is 4.35. The maximum Gasteiger partial charge on any atom is 0.520 e. The van der Waals surface area contributed by atoms with Crippen molar-refractivity contribution in [2.24, 2.45) is 0 Å². The Labute approximate surface area is 66.2 Å². The highest BCUT2D eigenvalue weighted by Crippen LogP contribution is 2.03. The lowest BCUT2D eigenvalue weighted by Crippen LogP contribution is -2.13. The van der Waals surface area contributed by atoms with E-state index < -0.39 is 20.9 Å². The molecular formula is C6H7O4P. The van der Waals surface area contributed by atoms with Crippen LogP contribution < -0.4 is 0 Å². The fraction of sp³-hybridized carbons (Fsp3) is 0.500. The van der Waals surface area contributed by atoms with Gasteiger partial charge < -0.3 is 9.26 Å². The Morgan fingerprint density at radius 1 is 1.82 bits per heavy atom. The minimum absolute atomic E-state index is 0.501. The summed E-state index contributed by atoms with van der Waals surface area (Å²) in [4.78, 5) is 10.4. The van der Waals surface area contributed by atoms with E-state index in [0.29, 0.717) is 6.42 Å². The molecule has 0 aliphatic carbocycles. The number of carbonyl (C=O) groups is 1. The number of hydrogen-bond acceptors (Lipinski definition) is 4. The van der Waals surface area contributed by atoms with Crippen LogP contribution in [0.5, 0.6) is 0 Å². The summed E-state index contributed by atoms with van der Waals surface area (Å²) in [5.74, 6) is 2.21. The van der Waals surface area contributed by atoms with Crippen LogP contribution in [-0.2, 0) is 13.8 Å². The van der Waals surface area contributed by atoms with Gasteiger partial charge >= 0.3 is 14.8 Å². The molecule has 0 aliphatic heterocycles. The number of terminal acetylenes is 1. The van der Waals surface area contributed by atoms with E-state index in [4.69, 9.17) is 6.42 Å². The molecule has 0 N–H and O–H groups in total. The quantitative estimate of drug-likeness (QED) is 0.371. The van der Waals surface area contributed by atoms with Gasteiger partial charge in [0.15, 0.2) is 6.10 Å². The van der Waals surface area contributed by atoms with Gasteiger partial charge in [-0.05, 0) is 6.42 Å². The zero-order valence-corrected chi connectivity index (χ0v) is 6.84. The molecule has 0 saturated carbocycles. The van der Waals surface area contributed by atoms with E-state index in [-0.39, 0.29) is 0 Å². The molecule has 0 amide bonds. The third-order valence-electron chi connectivity index (χ3n) is 0.907. The Bertz CT molecular complexity index is 184. The maximum atomic E-state index is 10.4. The molecule has 0 radical (unpaired) electrons. The topological polar surface area (TPSA) is 52.6 Å². The Hall–Kier alpha value is -1.07. The first-order valence-electron chi connectivity index (χ1n) is 2.91. The predicted molar refractivity (Wildman–Crippen MR) is 38.1 cm³/mol. The Morgan fingerprint density at radius 3 is 2.82 bits per heavy atom. The molecular weight excluding hydrogens is 167 g/mol. The van der Waals surface area contributed by atoms with Crippen LogP contribution >= 0.6 is 8.69 Å².